The Morgan fingerprint density at radius 1 is 1.26 bits per heavy atom. The fourth-order valence-electron chi connectivity index (χ4n) is 2.45. The van der Waals surface area contributed by atoms with Gasteiger partial charge in [-0.25, -0.2) is 0 Å². The second-order valence-electron chi connectivity index (χ2n) is 4.88. The molecule has 1 aliphatic heterocycles. The summed E-state index contributed by atoms with van der Waals surface area (Å²) in [6, 6.07) is 9.63. The van der Waals surface area contributed by atoms with E-state index in [1.165, 1.54) is 5.56 Å². The number of aliphatic hydroxyl groups is 1. The van der Waals surface area contributed by atoms with Gasteiger partial charge in [-0.3, -0.25) is 0 Å². The third-order valence-corrected chi connectivity index (χ3v) is 3.55. The Hall–Kier alpha value is -1.74. The van der Waals surface area contributed by atoms with Crippen molar-refractivity contribution in [2.75, 3.05) is 6.61 Å². The number of rotatable bonds is 3. The third-order valence-electron chi connectivity index (χ3n) is 3.55. The largest absolute Gasteiger partial charge is 0.493 e. The summed E-state index contributed by atoms with van der Waals surface area (Å²) in [6.45, 7) is 2.82. The summed E-state index contributed by atoms with van der Waals surface area (Å²) in [5.74, 6) is 2.44. The van der Waals surface area contributed by atoms with Crippen LogP contribution in [0.1, 0.15) is 42.1 Å². The first kappa shape index (κ1) is 12.3. The van der Waals surface area contributed by atoms with E-state index in [-0.39, 0.29) is 0 Å². The van der Waals surface area contributed by atoms with Crippen molar-refractivity contribution in [3.63, 3.8) is 0 Å². The summed E-state index contributed by atoms with van der Waals surface area (Å²) in [6.07, 6.45) is 2.18. The number of aliphatic hydroxyl groups excluding tert-OH is 1. The molecule has 1 aliphatic rings. The molecule has 0 amide bonds. The van der Waals surface area contributed by atoms with Gasteiger partial charge in [0, 0.05) is 6.42 Å². The van der Waals surface area contributed by atoms with E-state index in [4.69, 9.17) is 9.15 Å². The van der Waals surface area contributed by atoms with Crippen LogP contribution in [0.4, 0.5) is 0 Å². The van der Waals surface area contributed by atoms with Gasteiger partial charge >= 0.3 is 0 Å². The zero-order chi connectivity index (χ0) is 13.2. The number of ether oxygens (including phenoxy) is 1. The molecule has 0 fully saturated rings. The quantitative estimate of drug-likeness (QED) is 0.919. The summed E-state index contributed by atoms with van der Waals surface area (Å²) in [5.41, 5.74) is 2.03. The SMILES string of the molecule is CCc1ccc(C(O)c2ccc3c(c2)CCCO3)o1. The van der Waals surface area contributed by atoms with Gasteiger partial charge in [-0.05, 0) is 48.2 Å². The van der Waals surface area contributed by atoms with Gasteiger partial charge in [0.2, 0.25) is 0 Å². The Labute approximate surface area is 112 Å². The first-order chi connectivity index (χ1) is 9.28. The van der Waals surface area contributed by atoms with Crippen LogP contribution in [0, 0.1) is 0 Å². The molecule has 0 radical (unpaired) electrons. The van der Waals surface area contributed by atoms with Crippen molar-refractivity contribution in [2.24, 2.45) is 0 Å². The van der Waals surface area contributed by atoms with Crippen molar-refractivity contribution in [1.82, 2.24) is 0 Å². The van der Waals surface area contributed by atoms with E-state index < -0.39 is 6.10 Å². The molecular formula is C16H18O3. The Bertz CT molecular complexity index is 571. The molecule has 100 valence electrons. The van der Waals surface area contributed by atoms with Crippen LogP contribution in [0.2, 0.25) is 0 Å². The lowest BCUT2D eigenvalue weighted by atomic mass is 10.00. The van der Waals surface area contributed by atoms with Gasteiger partial charge in [0.25, 0.3) is 0 Å². The summed E-state index contributed by atoms with van der Waals surface area (Å²) in [4.78, 5) is 0. The first-order valence-electron chi connectivity index (χ1n) is 6.80. The predicted octanol–water partition coefficient (Wildman–Crippen LogP) is 3.25. The molecule has 0 bridgehead atoms. The van der Waals surface area contributed by atoms with Crippen LogP contribution in [0.15, 0.2) is 34.7 Å². The normalized spacial score (nSPS) is 15.7. The molecule has 0 aliphatic carbocycles. The molecule has 3 heteroatoms. The summed E-state index contributed by atoms with van der Waals surface area (Å²) < 4.78 is 11.2. The Morgan fingerprint density at radius 2 is 2.16 bits per heavy atom. The van der Waals surface area contributed by atoms with Crippen LogP contribution in [0.3, 0.4) is 0 Å². The summed E-state index contributed by atoms with van der Waals surface area (Å²) in [5, 5.41) is 10.4. The fourth-order valence-corrected chi connectivity index (χ4v) is 2.45. The van der Waals surface area contributed by atoms with Crippen LogP contribution in [-0.4, -0.2) is 11.7 Å². The highest BCUT2D eigenvalue weighted by Crippen LogP contribution is 2.30. The second kappa shape index (κ2) is 5.10. The minimum Gasteiger partial charge on any atom is -0.493 e. The lowest BCUT2D eigenvalue weighted by Crippen LogP contribution is -2.09. The van der Waals surface area contributed by atoms with Gasteiger partial charge in [0.1, 0.15) is 23.4 Å². The number of hydrogen-bond acceptors (Lipinski definition) is 3. The number of hydrogen-bond donors (Lipinski definition) is 1. The van der Waals surface area contributed by atoms with Crippen LogP contribution < -0.4 is 4.74 Å². The Morgan fingerprint density at radius 3 is 2.95 bits per heavy atom. The molecule has 1 N–H and O–H groups in total. The Kier molecular flexibility index (Phi) is 3.30. The second-order valence-corrected chi connectivity index (χ2v) is 4.88. The van der Waals surface area contributed by atoms with Gasteiger partial charge in [-0.2, -0.15) is 0 Å². The van der Waals surface area contributed by atoms with Crippen molar-refractivity contribution < 1.29 is 14.3 Å². The van der Waals surface area contributed by atoms with Crippen LogP contribution in [0.25, 0.3) is 0 Å². The van der Waals surface area contributed by atoms with Gasteiger partial charge in [-0.1, -0.05) is 13.0 Å². The van der Waals surface area contributed by atoms with Gasteiger partial charge in [0.15, 0.2) is 0 Å². The molecule has 2 heterocycles. The molecule has 2 aromatic rings. The maximum atomic E-state index is 10.4. The highest BCUT2D eigenvalue weighted by Gasteiger charge is 2.18. The van der Waals surface area contributed by atoms with E-state index in [9.17, 15) is 5.11 Å². The number of benzene rings is 1. The molecule has 1 aromatic carbocycles. The summed E-state index contributed by atoms with van der Waals surface area (Å²) in [7, 11) is 0. The molecule has 3 rings (SSSR count). The molecule has 1 atom stereocenters. The average Bonchev–Trinajstić information content (AvgIpc) is 2.95. The minimum absolute atomic E-state index is 0.605. The van der Waals surface area contributed by atoms with Crippen molar-refractivity contribution in [3.8, 4) is 5.75 Å². The fraction of sp³-hybridized carbons (Fsp3) is 0.375. The smallest absolute Gasteiger partial charge is 0.137 e. The highest BCUT2D eigenvalue weighted by molar-refractivity contribution is 5.40. The molecule has 19 heavy (non-hydrogen) atoms. The Balaban J connectivity index is 1.88. The van der Waals surface area contributed by atoms with E-state index in [0.717, 1.165) is 42.9 Å². The van der Waals surface area contributed by atoms with Crippen molar-refractivity contribution >= 4 is 0 Å². The number of aryl methyl sites for hydroxylation is 2. The molecule has 0 spiro atoms. The lowest BCUT2D eigenvalue weighted by molar-refractivity contribution is 0.186. The van der Waals surface area contributed by atoms with E-state index in [1.54, 1.807) is 0 Å². The van der Waals surface area contributed by atoms with Crippen LogP contribution in [-0.2, 0) is 12.8 Å². The van der Waals surface area contributed by atoms with Crippen LogP contribution >= 0.6 is 0 Å². The topological polar surface area (TPSA) is 42.6 Å². The molecule has 0 saturated carbocycles. The number of furan rings is 1. The lowest BCUT2D eigenvalue weighted by Gasteiger charge is -2.19. The molecule has 3 nitrogen and oxygen atoms in total. The van der Waals surface area contributed by atoms with Gasteiger partial charge in [0.05, 0.1) is 6.61 Å². The zero-order valence-corrected chi connectivity index (χ0v) is 11.1. The predicted molar refractivity (Wildman–Crippen MR) is 72.4 cm³/mol. The zero-order valence-electron chi connectivity index (χ0n) is 11.1. The molecular weight excluding hydrogens is 240 g/mol. The van der Waals surface area contributed by atoms with Crippen molar-refractivity contribution in [1.29, 1.82) is 0 Å². The molecule has 1 aromatic heterocycles. The van der Waals surface area contributed by atoms with Gasteiger partial charge < -0.3 is 14.3 Å². The van der Waals surface area contributed by atoms with Crippen molar-refractivity contribution in [2.45, 2.75) is 32.3 Å². The monoisotopic (exact) mass is 258 g/mol. The minimum atomic E-state index is -0.701. The van der Waals surface area contributed by atoms with E-state index in [1.807, 2.05) is 37.3 Å². The maximum Gasteiger partial charge on any atom is 0.137 e. The highest BCUT2D eigenvalue weighted by atomic mass is 16.5. The number of fused-ring (bicyclic) bond motifs is 1. The maximum absolute atomic E-state index is 10.4. The average molecular weight is 258 g/mol. The first-order valence-corrected chi connectivity index (χ1v) is 6.80. The standard InChI is InChI=1S/C16H18O3/c1-2-13-6-8-15(19-13)16(17)12-5-7-14-11(10-12)4-3-9-18-14/h5-8,10,16-17H,2-4,9H2,1H3. The van der Waals surface area contributed by atoms with Crippen molar-refractivity contribution in [3.05, 3.63) is 53.0 Å². The van der Waals surface area contributed by atoms with E-state index in [2.05, 4.69) is 0 Å². The van der Waals surface area contributed by atoms with E-state index >= 15 is 0 Å². The molecule has 0 saturated heterocycles. The third kappa shape index (κ3) is 2.38. The molecule has 1 unspecified atom stereocenters. The summed E-state index contributed by atoms with van der Waals surface area (Å²) >= 11 is 0. The van der Waals surface area contributed by atoms with Crippen LogP contribution in [0.5, 0.6) is 5.75 Å². The van der Waals surface area contributed by atoms with Gasteiger partial charge in [-0.15, -0.1) is 0 Å². The van der Waals surface area contributed by atoms with E-state index in [0.29, 0.717) is 5.76 Å².